The third-order valence-electron chi connectivity index (χ3n) is 5.73. The summed E-state index contributed by atoms with van der Waals surface area (Å²) in [4.78, 5) is 37.7. The van der Waals surface area contributed by atoms with Gasteiger partial charge < -0.3 is 24.4 Å². The van der Waals surface area contributed by atoms with Gasteiger partial charge >= 0.3 is 17.9 Å². The Kier molecular flexibility index (Phi) is 7.58. The number of hydrogen-bond donors (Lipinski definition) is 2. The van der Waals surface area contributed by atoms with Gasteiger partial charge in [-0.1, -0.05) is 54.6 Å². The summed E-state index contributed by atoms with van der Waals surface area (Å²) in [6, 6.07) is 24.3. The molecule has 4 atom stereocenters. The topological polar surface area (TPSA) is 119 Å². The van der Waals surface area contributed by atoms with Crippen molar-refractivity contribution in [2.45, 2.75) is 23.9 Å². The minimum absolute atomic E-state index is 0.224. The lowest BCUT2D eigenvalue weighted by atomic mass is 9.82. The molecule has 2 N–H and O–H groups in total. The molecular formula is C28H24O8. The van der Waals surface area contributed by atoms with Crippen molar-refractivity contribution in [2.24, 2.45) is 0 Å². The van der Waals surface area contributed by atoms with Crippen molar-refractivity contribution in [3.63, 3.8) is 0 Å². The molecule has 0 spiro atoms. The molecule has 0 saturated heterocycles. The third-order valence-corrected chi connectivity index (χ3v) is 5.73. The van der Waals surface area contributed by atoms with Crippen LogP contribution in [0.5, 0.6) is 0 Å². The number of carbonyl (C=O) groups excluding carboxylic acids is 3. The van der Waals surface area contributed by atoms with Crippen molar-refractivity contribution in [2.75, 3.05) is 6.61 Å². The molecule has 0 bridgehead atoms. The molecule has 4 rings (SSSR count). The Balaban J connectivity index is 1.56. The first-order chi connectivity index (χ1) is 17.4. The van der Waals surface area contributed by atoms with Gasteiger partial charge in [-0.3, -0.25) is 0 Å². The van der Waals surface area contributed by atoms with Crippen LogP contribution in [-0.4, -0.2) is 58.6 Å². The van der Waals surface area contributed by atoms with E-state index in [1.54, 1.807) is 66.7 Å². The van der Waals surface area contributed by atoms with Crippen LogP contribution in [0, 0.1) is 0 Å². The largest absolute Gasteiger partial charge is 0.459 e. The number of rotatable bonds is 7. The first-order valence-corrected chi connectivity index (χ1v) is 11.2. The number of aliphatic hydroxyl groups excluding tert-OH is 1. The first-order valence-electron chi connectivity index (χ1n) is 11.2. The van der Waals surface area contributed by atoms with Crippen LogP contribution in [0.15, 0.2) is 103 Å². The van der Waals surface area contributed by atoms with Gasteiger partial charge in [0.05, 0.1) is 16.7 Å². The highest BCUT2D eigenvalue weighted by Crippen LogP contribution is 2.31. The van der Waals surface area contributed by atoms with Crippen molar-refractivity contribution in [3.05, 3.63) is 120 Å². The Bertz CT molecular complexity index is 1230. The van der Waals surface area contributed by atoms with Gasteiger partial charge in [0.25, 0.3) is 0 Å². The van der Waals surface area contributed by atoms with Gasteiger partial charge in [0.15, 0.2) is 11.7 Å². The Morgan fingerprint density at radius 3 is 1.61 bits per heavy atom. The third kappa shape index (κ3) is 5.51. The summed E-state index contributed by atoms with van der Waals surface area (Å²) in [6.45, 7) is -0.738. The Labute approximate surface area is 207 Å². The smallest absolute Gasteiger partial charge is 0.338 e. The van der Waals surface area contributed by atoms with Crippen LogP contribution < -0.4 is 0 Å². The van der Waals surface area contributed by atoms with Crippen LogP contribution in [-0.2, 0) is 14.2 Å². The van der Waals surface area contributed by atoms with Gasteiger partial charge in [-0.25, -0.2) is 14.4 Å². The highest BCUT2D eigenvalue weighted by molar-refractivity contribution is 5.90. The average Bonchev–Trinajstić information content (AvgIpc) is 2.93. The van der Waals surface area contributed by atoms with Gasteiger partial charge in [-0.15, -0.1) is 0 Å². The van der Waals surface area contributed by atoms with Gasteiger partial charge in [-0.2, -0.15) is 0 Å². The Morgan fingerprint density at radius 1 is 0.667 bits per heavy atom. The van der Waals surface area contributed by atoms with E-state index in [1.807, 2.05) is 0 Å². The predicted octanol–water partition coefficient (Wildman–Crippen LogP) is 2.96. The van der Waals surface area contributed by atoms with E-state index in [-0.39, 0.29) is 16.7 Å². The van der Waals surface area contributed by atoms with E-state index in [1.165, 1.54) is 36.4 Å². The lowest BCUT2D eigenvalue weighted by Gasteiger charge is -2.42. The zero-order valence-electron chi connectivity index (χ0n) is 19.1. The lowest BCUT2D eigenvalue weighted by Crippen LogP contribution is -2.62. The quantitative estimate of drug-likeness (QED) is 0.296. The summed E-state index contributed by atoms with van der Waals surface area (Å²) in [6.07, 6.45) is -1.87. The monoisotopic (exact) mass is 488 g/mol. The molecule has 0 aliphatic heterocycles. The molecule has 0 amide bonds. The van der Waals surface area contributed by atoms with Gasteiger partial charge in [0, 0.05) is 0 Å². The SMILES string of the molecule is O=C(OC[C@@]1(O)[C@H](OC(=O)c2ccccc2)C=C[C@@H](OC(=O)c2ccccc2)[C@@H]1O)c1ccccc1. The summed E-state index contributed by atoms with van der Waals surface area (Å²) in [7, 11) is 0. The summed E-state index contributed by atoms with van der Waals surface area (Å²) in [5, 5.41) is 22.6. The van der Waals surface area contributed by atoms with Crippen molar-refractivity contribution in [3.8, 4) is 0 Å². The fourth-order valence-electron chi connectivity index (χ4n) is 3.71. The zero-order valence-corrected chi connectivity index (χ0v) is 19.1. The maximum Gasteiger partial charge on any atom is 0.338 e. The van der Waals surface area contributed by atoms with Crippen LogP contribution in [0.2, 0.25) is 0 Å². The molecule has 3 aromatic carbocycles. The Morgan fingerprint density at radius 2 is 1.11 bits per heavy atom. The molecule has 1 aliphatic rings. The fourth-order valence-corrected chi connectivity index (χ4v) is 3.71. The number of benzene rings is 3. The average molecular weight is 488 g/mol. The molecule has 0 aromatic heterocycles. The van der Waals surface area contributed by atoms with Crippen LogP contribution in [0.4, 0.5) is 0 Å². The van der Waals surface area contributed by atoms with E-state index in [9.17, 15) is 24.6 Å². The molecule has 0 radical (unpaired) electrons. The number of hydrogen-bond acceptors (Lipinski definition) is 8. The summed E-state index contributed by atoms with van der Waals surface area (Å²) < 4.78 is 16.2. The highest BCUT2D eigenvalue weighted by Gasteiger charge is 2.52. The normalized spacial score (nSPS) is 22.9. The molecular weight excluding hydrogens is 464 g/mol. The minimum atomic E-state index is -2.31. The number of carbonyl (C=O) groups is 3. The fraction of sp³-hybridized carbons (Fsp3) is 0.179. The molecule has 184 valence electrons. The van der Waals surface area contributed by atoms with E-state index in [2.05, 4.69) is 0 Å². The van der Waals surface area contributed by atoms with E-state index < -0.39 is 48.4 Å². The van der Waals surface area contributed by atoms with E-state index >= 15 is 0 Å². The molecule has 0 saturated carbocycles. The molecule has 1 aliphatic carbocycles. The first kappa shape index (κ1) is 24.8. The van der Waals surface area contributed by atoms with E-state index in [4.69, 9.17) is 14.2 Å². The van der Waals surface area contributed by atoms with Crippen LogP contribution >= 0.6 is 0 Å². The van der Waals surface area contributed by atoms with Crippen LogP contribution in [0.3, 0.4) is 0 Å². The molecule has 8 heteroatoms. The van der Waals surface area contributed by atoms with Gasteiger partial charge in [-0.05, 0) is 48.6 Å². The standard InChI is InChI=1S/C28H24O8/c29-24-22(35-26(31)20-12-6-2-7-13-20)16-17-23(36-27(32)21-14-8-3-9-15-21)28(24,33)18-34-25(30)19-10-4-1-5-11-19/h1-17,22-24,29,33H,18H2/t22-,23-,24+,28-/m1/s1. The van der Waals surface area contributed by atoms with E-state index in [0.717, 1.165) is 0 Å². The molecule has 3 aromatic rings. The molecule has 0 fully saturated rings. The molecule has 0 heterocycles. The number of esters is 3. The van der Waals surface area contributed by atoms with Gasteiger partial charge in [0.1, 0.15) is 18.8 Å². The van der Waals surface area contributed by atoms with Crippen molar-refractivity contribution < 1.29 is 38.8 Å². The lowest BCUT2D eigenvalue weighted by molar-refractivity contribution is -0.184. The summed E-state index contributed by atoms with van der Waals surface area (Å²) in [5.41, 5.74) is -1.62. The second-order valence-corrected chi connectivity index (χ2v) is 8.19. The van der Waals surface area contributed by atoms with Crippen LogP contribution in [0.25, 0.3) is 0 Å². The van der Waals surface area contributed by atoms with Crippen molar-refractivity contribution >= 4 is 17.9 Å². The molecule has 8 nitrogen and oxygen atoms in total. The van der Waals surface area contributed by atoms with E-state index in [0.29, 0.717) is 0 Å². The minimum Gasteiger partial charge on any atom is -0.459 e. The zero-order chi connectivity index (χ0) is 25.5. The molecule has 36 heavy (non-hydrogen) atoms. The highest BCUT2D eigenvalue weighted by atomic mass is 16.6. The summed E-state index contributed by atoms with van der Waals surface area (Å²) in [5.74, 6) is -2.24. The second kappa shape index (κ2) is 11.0. The number of aliphatic hydroxyl groups is 2. The van der Waals surface area contributed by atoms with Crippen LogP contribution in [0.1, 0.15) is 31.1 Å². The summed E-state index contributed by atoms with van der Waals surface area (Å²) >= 11 is 0. The van der Waals surface area contributed by atoms with Crippen molar-refractivity contribution in [1.82, 2.24) is 0 Å². The van der Waals surface area contributed by atoms with Gasteiger partial charge in [0.2, 0.25) is 0 Å². The predicted molar refractivity (Wildman–Crippen MR) is 128 cm³/mol. The van der Waals surface area contributed by atoms with Crippen molar-refractivity contribution in [1.29, 1.82) is 0 Å². The maximum atomic E-state index is 12.7. The second-order valence-electron chi connectivity index (χ2n) is 8.19. The molecule has 0 unspecified atom stereocenters. The number of ether oxygens (including phenoxy) is 3. The maximum absolute atomic E-state index is 12.7. The Hall–Kier alpha value is -4.27.